The zero-order valence-corrected chi connectivity index (χ0v) is 22.3. The van der Waals surface area contributed by atoms with Crippen LogP contribution >= 0.6 is 11.8 Å². The summed E-state index contributed by atoms with van der Waals surface area (Å²) >= 11 is 1.40. The van der Waals surface area contributed by atoms with Gasteiger partial charge in [-0.25, -0.2) is 0 Å². The highest BCUT2D eigenvalue weighted by Crippen LogP contribution is 2.62. The van der Waals surface area contributed by atoms with Gasteiger partial charge in [0.05, 0.1) is 18.0 Å². The van der Waals surface area contributed by atoms with E-state index < -0.39 is 4.87 Å². The van der Waals surface area contributed by atoms with E-state index >= 15 is 0 Å². The van der Waals surface area contributed by atoms with Crippen molar-refractivity contribution in [2.24, 2.45) is 0 Å². The van der Waals surface area contributed by atoms with Crippen LogP contribution in [0.25, 0.3) is 0 Å². The minimum Gasteiger partial charge on any atom is -0.494 e. The van der Waals surface area contributed by atoms with Crippen molar-refractivity contribution in [2.45, 2.75) is 50.4 Å². The third kappa shape index (κ3) is 3.55. The quantitative estimate of drug-likeness (QED) is 0.392. The van der Waals surface area contributed by atoms with Gasteiger partial charge in [-0.3, -0.25) is 14.5 Å². The molecule has 6 rings (SSSR count). The van der Waals surface area contributed by atoms with E-state index in [0.29, 0.717) is 18.0 Å². The summed E-state index contributed by atoms with van der Waals surface area (Å²) < 4.78 is 11.9. The van der Waals surface area contributed by atoms with Gasteiger partial charge in [0, 0.05) is 16.8 Å². The Morgan fingerprint density at radius 2 is 1.65 bits per heavy atom. The van der Waals surface area contributed by atoms with Crippen LogP contribution in [0, 0.1) is 0 Å². The van der Waals surface area contributed by atoms with E-state index in [0.717, 1.165) is 34.7 Å². The van der Waals surface area contributed by atoms with Crippen LogP contribution in [0.3, 0.4) is 0 Å². The fourth-order valence-electron chi connectivity index (χ4n) is 6.10. The van der Waals surface area contributed by atoms with Gasteiger partial charge in [-0.05, 0) is 87.2 Å². The third-order valence-electron chi connectivity index (χ3n) is 7.49. The summed E-state index contributed by atoms with van der Waals surface area (Å²) in [4.78, 5) is 30.4. The zero-order valence-electron chi connectivity index (χ0n) is 21.5. The maximum atomic E-state index is 14.5. The number of rotatable bonds is 5. The Labute approximate surface area is 221 Å². The fraction of sp³-hybridized carbons (Fsp3) is 0.333. The Morgan fingerprint density at radius 1 is 0.946 bits per heavy atom. The summed E-state index contributed by atoms with van der Waals surface area (Å²) in [5.41, 5.74) is 3.19. The van der Waals surface area contributed by atoms with Crippen LogP contribution in [0.15, 0.2) is 66.7 Å². The molecular weight excluding hydrogens is 484 g/mol. The fourth-order valence-corrected chi connectivity index (χ4v) is 7.42. The van der Waals surface area contributed by atoms with Crippen LogP contribution < -0.4 is 19.3 Å². The molecule has 0 radical (unpaired) electrons. The number of anilines is 2. The molecule has 3 aromatic rings. The van der Waals surface area contributed by atoms with E-state index in [1.807, 2.05) is 72.5 Å². The molecule has 3 aromatic carbocycles. The van der Waals surface area contributed by atoms with Crippen molar-refractivity contribution in [3.05, 3.63) is 77.9 Å². The molecule has 1 spiro atoms. The zero-order chi connectivity index (χ0) is 25.9. The number of amides is 2. The Hall–Kier alpha value is -3.45. The highest BCUT2D eigenvalue weighted by Gasteiger charge is 2.64. The lowest BCUT2D eigenvalue weighted by molar-refractivity contribution is -0.124. The number of hydrogen-bond acceptors (Lipinski definition) is 5. The van der Waals surface area contributed by atoms with Gasteiger partial charge in [-0.15, -0.1) is 11.8 Å². The monoisotopic (exact) mass is 514 g/mol. The summed E-state index contributed by atoms with van der Waals surface area (Å²) in [6.45, 7) is 8.92. The molecule has 3 aliphatic rings. The second-order valence-corrected chi connectivity index (χ2v) is 11.6. The molecule has 1 saturated heterocycles. The van der Waals surface area contributed by atoms with Crippen LogP contribution in [0.5, 0.6) is 17.2 Å². The summed E-state index contributed by atoms with van der Waals surface area (Å²) in [6, 6.07) is 21.0. The first-order valence-electron chi connectivity index (χ1n) is 12.7. The van der Waals surface area contributed by atoms with Crippen molar-refractivity contribution < 1.29 is 19.1 Å². The van der Waals surface area contributed by atoms with Crippen molar-refractivity contribution in [1.29, 1.82) is 0 Å². The van der Waals surface area contributed by atoms with Gasteiger partial charge in [0.2, 0.25) is 10.8 Å². The van der Waals surface area contributed by atoms with Crippen molar-refractivity contribution in [2.75, 3.05) is 22.2 Å². The van der Waals surface area contributed by atoms with Gasteiger partial charge >= 0.3 is 0 Å². The van der Waals surface area contributed by atoms with Gasteiger partial charge < -0.3 is 14.4 Å². The predicted octanol–water partition coefficient (Wildman–Crippen LogP) is 6.44. The molecular formula is C30H30N2O4S. The topological polar surface area (TPSA) is 59.1 Å². The van der Waals surface area contributed by atoms with E-state index in [1.165, 1.54) is 11.8 Å². The molecule has 7 heteroatoms. The summed E-state index contributed by atoms with van der Waals surface area (Å²) in [6.07, 6.45) is 0.834. The SMILES string of the molecule is CCOc1cc2c3c(c1)[C@@]1(SCC(=O)N1c1ccc(Oc4ccccc4)cc1)C(=O)N3C(C)(C)C[C@H]2C. The van der Waals surface area contributed by atoms with Crippen LogP contribution in [-0.4, -0.2) is 29.7 Å². The Morgan fingerprint density at radius 3 is 2.35 bits per heavy atom. The van der Waals surface area contributed by atoms with E-state index in [2.05, 4.69) is 26.8 Å². The van der Waals surface area contributed by atoms with E-state index in [4.69, 9.17) is 9.47 Å². The highest BCUT2D eigenvalue weighted by molar-refractivity contribution is 8.02. The molecule has 0 aliphatic carbocycles. The number of carbonyl (C=O) groups is 2. The Bertz CT molecular complexity index is 1390. The maximum absolute atomic E-state index is 14.5. The molecule has 190 valence electrons. The average molecular weight is 515 g/mol. The van der Waals surface area contributed by atoms with Gasteiger partial charge in [0.15, 0.2) is 0 Å². The molecule has 0 N–H and O–H groups in total. The number of carbonyl (C=O) groups excluding carboxylic acids is 2. The van der Waals surface area contributed by atoms with E-state index in [9.17, 15) is 9.59 Å². The van der Waals surface area contributed by atoms with Gasteiger partial charge in [-0.2, -0.15) is 0 Å². The lowest BCUT2D eigenvalue weighted by atomic mass is 9.80. The number of para-hydroxylation sites is 1. The predicted molar refractivity (Wildman–Crippen MR) is 147 cm³/mol. The van der Waals surface area contributed by atoms with Crippen molar-refractivity contribution in [1.82, 2.24) is 0 Å². The van der Waals surface area contributed by atoms with Gasteiger partial charge in [0.25, 0.3) is 5.91 Å². The van der Waals surface area contributed by atoms with E-state index in [1.54, 1.807) is 4.90 Å². The highest BCUT2D eigenvalue weighted by atomic mass is 32.2. The van der Waals surface area contributed by atoms with Crippen molar-refractivity contribution in [3.8, 4) is 17.2 Å². The first-order valence-corrected chi connectivity index (χ1v) is 13.7. The van der Waals surface area contributed by atoms with Gasteiger partial charge in [0.1, 0.15) is 17.2 Å². The lowest BCUT2D eigenvalue weighted by Crippen LogP contribution is -2.56. The number of fused-ring (bicyclic) bond motifs is 1. The Balaban J connectivity index is 1.48. The molecule has 0 unspecified atom stereocenters. The van der Waals surface area contributed by atoms with Crippen LogP contribution in [0.2, 0.25) is 0 Å². The molecule has 0 aromatic heterocycles. The second-order valence-electron chi connectivity index (χ2n) is 10.5. The Kier molecular flexibility index (Phi) is 5.53. The van der Waals surface area contributed by atoms with Crippen molar-refractivity contribution in [3.63, 3.8) is 0 Å². The minimum absolute atomic E-state index is 0.0604. The number of hydrogen-bond donors (Lipinski definition) is 0. The first-order chi connectivity index (χ1) is 17.8. The summed E-state index contributed by atoms with van der Waals surface area (Å²) in [5.74, 6) is 2.48. The molecule has 37 heavy (non-hydrogen) atoms. The van der Waals surface area contributed by atoms with Crippen molar-refractivity contribution >= 4 is 35.0 Å². The molecule has 3 aliphatic heterocycles. The molecule has 2 amide bonds. The number of ether oxygens (including phenoxy) is 2. The lowest BCUT2D eigenvalue weighted by Gasteiger charge is -2.44. The largest absolute Gasteiger partial charge is 0.494 e. The van der Waals surface area contributed by atoms with E-state index in [-0.39, 0.29) is 29.0 Å². The maximum Gasteiger partial charge on any atom is 0.269 e. The van der Waals surface area contributed by atoms with Crippen LogP contribution in [-0.2, 0) is 14.5 Å². The molecule has 1 fully saturated rings. The summed E-state index contributed by atoms with van der Waals surface area (Å²) in [7, 11) is 0. The standard InChI is InChI=1S/C30H30N2O4S/c1-5-35-23-15-24-19(2)17-29(3,4)32-27(24)25(16-23)30(28(32)34)31(26(33)18-37-30)20-11-13-22(14-12-20)36-21-9-7-6-8-10-21/h6-16,19H,5,17-18H2,1-4H3/t19-,30-/m1/s1. The van der Waals surface area contributed by atoms with Crippen LogP contribution in [0.1, 0.15) is 51.2 Å². The average Bonchev–Trinajstić information content (AvgIpc) is 3.34. The van der Waals surface area contributed by atoms with Crippen LogP contribution in [0.4, 0.5) is 11.4 Å². The second kappa shape index (κ2) is 8.55. The normalized spacial score (nSPS) is 23.5. The number of thioether (sulfide) groups is 1. The number of nitrogens with zero attached hydrogens (tertiary/aromatic N) is 2. The molecule has 3 heterocycles. The third-order valence-corrected chi connectivity index (χ3v) is 8.88. The molecule has 0 saturated carbocycles. The summed E-state index contributed by atoms with van der Waals surface area (Å²) in [5, 5.41) is 0. The molecule has 2 atom stereocenters. The number of benzene rings is 3. The first kappa shape index (κ1) is 23.9. The smallest absolute Gasteiger partial charge is 0.269 e. The van der Waals surface area contributed by atoms with Gasteiger partial charge in [-0.1, -0.05) is 25.1 Å². The molecule has 6 nitrogen and oxygen atoms in total. The minimum atomic E-state index is -1.17. The molecule has 0 bridgehead atoms.